The van der Waals surface area contributed by atoms with Gasteiger partial charge < -0.3 is 5.32 Å². The smallest absolute Gasteiger partial charge is 0.325 e. The molecule has 0 unspecified atom stereocenters. The molecular formula is C15H14N4O3. The summed E-state index contributed by atoms with van der Waals surface area (Å²) >= 11 is 0. The lowest BCUT2D eigenvalue weighted by atomic mass is 10.3. The summed E-state index contributed by atoms with van der Waals surface area (Å²) in [5.74, 6) is -0.511. The lowest BCUT2D eigenvalue weighted by Gasteiger charge is -2.09. The van der Waals surface area contributed by atoms with Crippen LogP contribution in [0.1, 0.15) is 12.5 Å². The van der Waals surface area contributed by atoms with Gasteiger partial charge in [-0.1, -0.05) is 18.2 Å². The minimum atomic E-state index is -0.764. The van der Waals surface area contributed by atoms with Crippen LogP contribution >= 0.6 is 0 Å². The monoisotopic (exact) mass is 298 g/mol. The van der Waals surface area contributed by atoms with Crippen molar-refractivity contribution in [2.45, 2.75) is 20.0 Å². The van der Waals surface area contributed by atoms with E-state index in [1.807, 2.05) is 0 Å². The fourth-order valence-corrected chi connectivity index (χ4v) is 1.96. The van der Waals surface area contributed by atoms with E-state index < -0.39 is 23.7 Å². The van der Waals surface area contributed by atoms with Crippen molar-refractivity contribution in [1.82, 2.24) is 9.13 Å². The first-order chi connectivity index (χ1) is 10.6. The van der Waals surface area contributed by atoms with Crippen molar-refractivity contribution in [3.63, 3.8) is 0 Å². The molecule has 22 heavy (non-hydrogen) atoms. The van der Waals surface area contributed by atoms with Crippen LogP contribution in [0.25, 0.3) is 0 Å². The summed E-state index contributed by atoms with van der Waals surface area (Å²) in [5.41, 5.74) is -0.989. The Labute approximate surface area is 126 Å². The molecule has 0 fully saturated rings. The number of nitrogens with one attached hydrogen (secondary N) is 1. The zero-order chi connectivity index (χ0) is 16.1. The molecule has 112 valence electrons. The Balaban J connectivity index is 2.33. The third-order valence-corrected chi connectivity index (χ3v) is 3.06. The molecule has 1 aromatic heterocycles. The number of hydrogen-bond acceptors (Lipinski definition) is 4. The number of anilines is 1. The van der Waals surface area contributed by atoms with Gasteiger partial charge in [0.15, 0.2) is 0 Å². The summed E-state index contributed by atoms with van der Waals surface area (Å²) in [5, 5.41) is 11.5. The van der Waals surface area contributed by atoms with Crippen LogP contribution in [0.4, 0.5) is 5.69 Å². The Hall–Kier alpha value is -3.14. The Morgan fingerprint density at radius 2 is 1.95 bits per heavy atom. The lowest BCUT2D eigenvalue weighted by Crippen LogP contribution is -2.43. The maximum absolute atomic E-state index is 12.1. The molecule has 0 spiro atoms. The molecule has 0 aliphatic heterocycles. The van der Waals surface area contributed by atoms with Crippen LogP contribution in [0.15, 0.2) is 46.1 Å². The second-order valence-electron chi connectivity index (χ2n) is 4.53. The predicted molar refractivity (Wildman–Crippen MR) is 80.4 cm³/mol. The van der Waals surface area contributed by atoms with E-state index in [2.05, 4.69) is 5.32 Å². The van der Waals surface area contributed by atoms with Crippen molar-refractivity contribution in [3.8, 4) is 6.07 Å². The zero-order valence-electron chi connectivity index (χ0n) is 11.9. The number of nitrogens with zero attached hydrogens (tertiary/aromatic N) is 3. The summed E-state index contributed by atoms with van der Waals surface area (Å²) in [6.07, 6.45) is 1.20. The predicted octanol–water partition coefficient (Wildman–Crippen LogP) is 0.540. The zero-order valence-corrected chi connectivity index (χ0v) is 11.9. The number of carbonyl (C=O) groups is 1. The first-order valence-electron chi connectivity index (χ1n) is 6.66. The van der Waals surface area contributed by atoms with E-state index in [4.69, 9.17) is 5.26 Å². The molecule has 1 heterocycles. The van der Waals surface area contributed by atoms with Crippen molar-refractivity contribution in [1.29, 1.82) is 5.26 Å². The van der Waals surface area contributed by atoms with Gasteiger partial charge in [0.05, 0.1) is 0 Å². The molecule has 0 saturated carbocycles. The fourth-order valence-electron chi connectivity index (χ4n) is 1.96. The summed E-state index contributed by atoms with van der Waals surface area (Å²) < 4.78 is 1.98. The van der Waals surface area contributed by atoms with Gasteiger partial charge in [-0.3, -0.25) is 14.2 Å². The van der Waals surface area contributed by atoms with Gasteiger partial charge in [-0.2, -0.15) is 5.26 Å². The highest BCUT2D eigenvalue weighted by molar-refractivity contribution is 5.90. The number of amides is 1. The van der Waals surface area contributed by atoms with Crippen molar-refractivity contribution in [2.75, 3.05) is 5.32 Å². The summed E-state index contributed by atoms with van der Waals surface area (Å²) in [7, 11) is 0. The maximum Gasteiger partial charge on any atom is 0.331 e. The maximum atomic E-state index is 12.1. The van der Waals surface area contributed by atoms with Gasteiger partial charge in [0, 0.05) is 18.4 Å². The summed E-state index contributed by atoms with van der Waals surface area (Å²) in [6.45, 7) is 1.57. The molecule has 0 saturated heterocycles. The highest BCUT2D eigenvalue weighted by Gasteiger charge is 2.13. The molecule has 1 aromatic carbocycles. The molecule has 0 aliphatic rings. The van der Waals surface area contributed by atoms with Crippen LogP contribution < -0.4 is 16.6 Å². The van der Waals surface area contributed by atoms with E-state index >= 15 is 0 Å². The first kappa shape index (κ1) is 15.3. The van der Waals surface area contributed by atoms with Crippen LogP contribution in [-0.2, 0) is 17.9 Å². The number of benzene rings is 1. The van der Waals surface area contributed by atoms with Crippen molar-refractivity contribution < 1.29 is 4.79 Å². The van der Waals surface area contributed by atoms with E-state index in [0.717, 1.165) is 4.57 Å². The number of rotatable bonds is 4. The molecular weight excluding hydrogens is 284 g/mol. The molecule has 1 amide bonds. The highest BCUT2D eigenvalue weighted by atomic mass is 16.2. The third kappa shape index (κ3) is 3.12. The Morgan fingerprint density at radius 3 is 2.55 bits per heavy atom. The van der Waals surface area contributed by atoms with Crippen molar-refractivity contribution in [3.05, 3.63) is 62.9 Å². The first-order valence-corrected chi connectivity index (χ1v) is 6.66. The van der Waals surface area contributed by atoms with Crippen LogP contribution in [-0.4, -0.2) is 15.0 Å². The van der Waals surface area contributed by atoms with E-state index in [-0.39, 0.29) is 5.56 Å². The van der Waals surface area contributed by atoms with Gasteiger partial charge in [-0.05, 0) is 19.1 Å². The SMILES string of the molecule is CCn1cc(C#N)c(=O)n(CC(=O)Nc2ccccc2)c1=O. The Kier molecular flexibility index (Phi) is 4.53. The molecule has 2 aromatic rings. The van der Waals surface area contributed by atoms with Crippen molar-refractivity contribution >= 4 is 11.6 Å². The van der Waals surface area contributed by atoms with Gasteiger partial charge in [0.2, 0.25) is 5.91 Å². The van der Waals surface area contributed by atoms with Crippen molar-refractivity contribution in [2.24, 2.45) is 0 Å². The molecule has 0 radical (unpaired) electrons. The molecule has 2 rings (SSSR count). The van der Waals surface area contributed by atoms with E-state index in [1.165, 1.54) is 10.8 Å². The Morgan fingerprint density at radius 1 is 1.27 bits per heavy atom. The average molecular weight is 298 g/mol. The van der Waals surface area contributed by atoms with Gasteiger partial charge in [-0.25, -0.2) is 9.36 Å². The molecule has 0 aliphatic carbocycles. The summed E-state index contributed by atoms with van der Waals surface area (Å²) in [6, 6.07) is 10.4. The van der Waals surface area contributed by atoms with E-state index in [9.17, 15) is 14.4 Å². The molecule has 7 nitrogen and oxygen atoms in total. The largest absolute Gasteiger partial charge is 0.331 e. The number of aryl methyl sites for hydroxylation is 1. The number of para-hydroxylation sites is 1. The minimum absolute atomic E-state index is 0.172. The molecule has 0 atom stereocenters. The quantitative estimate of drug-likeness (QED) is 0.891. The number of carbonyl (C=O) groups excluding carboxylic acids is 1. The van der Waals surface area contributed by atoms with Gasteiger partial charge in [0.1, 0.15) is 18.2 Å². The topological polar surface area (TPSA) is 96.9 Å². The molecule has 7 heteroatoms. The molecule has 1 N–H and O–H groups in total. The van der Waals surface area contributed by atoms with Gasteiger partial charge in [-0.15, -0.1) is 0 Å². The average Bonchev–Trinajstić information content (AvgIpc) is 2.53. The number of aromatic nitrogens is 2. The summed E-state index contributed by atoms with van der Waals surface area (Å²) in [4.78, 5) is 36.1. The minimum Gasteiger partial charge on any atom is -0.325 e. The molecule has 0 bridgehead atoms. The Bertz CT molecular complexity index is 844. The van der Waals surface area contributed by atoms with Crippen LogP contribution in [0.2, 0.25) is 0 Å². The normalized spacial score (nSPS) is 10.0. The van der Waals surface area contributed by atoms with Gasteiger partial charge in [0.25, 0.3) is 5.56 Å². The van der Waals surface area contributed by atoms with E-state index in [0.29, 0.717) is 12.2 Å². The lowest BCUT2D eigenvalue weighted by molar-refractivity contribution is -0.116. The van der Waals surface area contributed by atoms with Crippen LogP contribution in [0, 0.1) is 11.3 Å². The van der Waals surface area contributed by atoms with Crippen LogP contribution in [0.5, 0.6) is 0 Å². The van der Waals surface area contributed by atoms with Crippen LogP contribution in [0.3, 0.4) is 0 Å². The second-order valence-corrected chi connectivity index (χ2v) is 4.53. The van der Waals surface area contributed by atoms with E-state index in [1.54, 1.807) is 43.3 Å². The second kappa shape index (κ2) is 6.54. The van der Waals surface area contributed by atoms with Gasteiger partial charge >= 0.3 is 5.69 Å². The standard InChI is InChI=1S/C15H14N4O3/c1-2-18-9-11(8-16)14(21)19(15(18)22)10-13(20)17-12-6-4-3-5-7-12/h3-7,9H,2,10H2,1H3,(H,17,20). The fraction of sp³-hybridized carbons (Fsp3) is 0.200. The third-order valence-electron chi connectivity index (χ3n) is 3.06. The number of nitriles is 1. The number of hydrogen-bond donors (Lipinski definition) is 1. The highest BCUT2D eigenvalue weighted by Crippen LogP contribution is 2.04.